The number of nitrogens with zero attached hydrogens (tertiary/aromatic N) is 1. The van der Waals surface area contributed by atoms with Crippen molar-refractivity contribution in [3.8, 4) is 0 Å². The Labute approximate surface area is 128 Å². The lowest BCUT2D eigenvalue weighted by Crippen LogP contribution is -2.00. The van der Waals surface area contributed by atoms with E-state index in [2.05, 4.69) is 32.6 Å². The fraction of sp³-hybridized carbons (Fsp3) is 0. The first-order valence-corrected chi connectivity index (χ1v) is 7.04. The number of hydrogen-bond acceptors (Lipinski definition) is 2. The summed E-state index contributed by atoms with van der Waals surface area (Å²) in [7, 11) is 0. The number of carbonyl (C=O) groups is 1. The molecule has 0 aliphatic carbocycles. The molecule has 19 heavy (non-hydrogen) atoms. The molecule has 0 saturated carbocycles. The predicted molar refractivity (Wildman–Crippen MR) is 83.7 cm³/mol. The Morgan fingerprint density at radius 3 is 2.68 bits per heavy atom. The third kappa shape index (κ3) is 2.26. The summed E-state index contributed by atoms with van der Waals surface area (Å²) in [5, 5.41) is 1.20. The summed E-state index contributed by atoms with van der Waals surface area (Å²) < 4.78 is 1.09. The van der Waals surface area contributed by atoms with Crippen molar-refractivity contribution in [2.75, 3.05) is 0 Å². The van der Waals surface area contributed by atoms with Crippen LogP contribution in [0.4, 0.5) is 0 Å². The quantitative estimate of drug-likeness (QED) is 0.537. The molecule has 2 aromatic heterocycles. The molecule has 0 unspecified atom stereocenters. The first kappa shape index (κ1) is 12.6. The lowest BCUT2D eigenvalue weighted by atomic mass is 10.0. The zero-order chi connectivity index (χ0) is 13.4. The summed E-state index contributed by atoms with van der Waals surface area (Å²) in [5.41, 5.74) is 1.82. The molecule has 5 heteroatoms. The van der Waals surface area contributed by atoms with Gasteiger partial charge in [-0.15, -0.1) is 0 Å². The SMILES string of the molecule is O=C(c1ccc(I)cc1)c1c[nH]c2nccc(Cl)c12. The number of nitrogens with one attached hydrogen (secondary N) is 1. The van der Waals surface area contributed by atoms with Crippen molar-refractivity contribution < 1.29 is 4.79 Å². The maximum absolute atomic E-state index is 12.5. The first-order chi connectivity index (χ1) is 9.16. The van der Waals surface area contributed by atoms with Gasteiger partial charge in [0.1, 0.15) is 5.65 Å². The molecule has 0 bridgehead atoms. The number of hydrogen-bond donors (Lipinski definition) is 1. The standard InChI is InChI=1S/C14H8ClIN2O/c15-11-5-6-17-14-12(11)10(7-18-14)13(19)8-1-3-9(16)4-2-8/h1-7H,(H,17,18). The summed E-state index contributed by atoms with van der Waals surface area (Å²) in [6.45, 7) is 0. The zero-order valence-corrected chi connectivity index (χ0v) is 12.6. The molecule has 1 N–H and O–H groups in total. The number of rotatable bonds is 2. The van der Waals surface area contributed by atoms with Gasteiger partial charge in [-0.2, -0.15) is 0 Å². The number of ketones is 1. The number of carbonyl (C=O) groups excluding carboxylic acids is 1. The molecule has 0 fully saturated rings. The molecular formula is C14H8ClIN2O. The van der Waals surface area contributed by atoms with Gasteiger partial charge in [-0.25, -0.2) is 4.98 Å². The fourth-order valence-electron chi connectivity index (χ4n) is 1.95. The highest BCUT2D eigenvalue weighted by molar-refractivity contribution is 14.1. The Balaban J connectivity index is 2.14. The van der Waals surface area contributed by atoms with Crippen molar-refractivity contribution in [1.82, 2.24) is 9.97 Å². The number of aromatic nitrogens is 2. The number of aromatic amines is 1. The second-order valence-electron chi connectivity index (χ2n) is 4.05. The average Bonchev–Trinajstić information content (AvgIpc) is 2.84. The highest BCUT2D eigenvalue weighted by Crippen LogP contribution is 2.26. The number of benzene rings is 1. The topological polar surface area (TPSA) is 45.8 Å². The second kappa shape index (κ2) is 4.94. The van der Waals surface area contributed by atoms with Gasteiger partial charge in [-0.05, 0) is 52.9 Å². The molecule has 3 rings (SSSR count). The molecule has 2 heterocycles. The van der Waals surface area contributed by atoms with E-state index in [0.29, 0.717) is 27.2 Å². The molecule has 1 aromatic carbocycles. The molecule has 3 nitrogen and oxygen atoms in total. The van der Waals surface area contributed by atoms with Gasteiger partial charge in [0, 0.05) is 26.9 Å². The molecular weight excluding hydrogens is 375 g/mol. The molecule has 0 aliphatic heterocycles. The van der Waals surface area contributed by atoms with Gasteiger partial charge < -0.3 is 4.98 Å². The van der Waals surface area contributed by atoms with Crippen LogP contribution in [0.15, 0.2) is 42.7 Å². The highest BCUT2D eigenvalue weighted by atomic mass is 127. The van der Waals surface area contributed by atoms with Crippen molar-refractivity contribution in [3.63, 3.8) is 0 Å². The molecule has 0 amide bonds. The van der Waals surface area contributed by atoms with E-state index in [1.54, 1.807) is 18.5 Å². The smallest absolute Gasteiger partial charge is 0.195 e. The molecule has 0 spiro atoms. The van der Waals surface area contributed by atoms with E-state index in [4.69, 9.17) is 11.6 Å². The number of pyridine rings is 1. The Morgan fingerprint density at radius 1 is 1.21 bits per heavy atom. The van der Waals surface area contributed by atoms with Gasteiger partial charge >= 0.3 is 0 Å². The van der Waals surface area contributed by atoms with E-state index in [0.717, 1.165) is 3.57 Å². The van der Waals surface area contributed by atoms with E-state index in [9.17, 15) is 4.79 Å². The first-order valence-electron chi connectivity index (χ1n) is 5.58. The van der Waals surface area contributed by atoms with Crippen molar-refractivity contribution >= 4 is 51.0 Å². The third-order valence-electron chi connectivity index (χ3n) is 2.87. The van der Waals surface area contributed by atoms with E-state index in [-0.39, 0.29) is 5.78 Å². The average molecular weight is 383 g/mol. The maximum atomic E-state index is 12.5. The van der Waals surface area contributed by atoms with E-state index in [1.165, 1.54) is 0 Å². The molecule has 0 saturated heterocycles. The second-order valence-corrected chi connectivity index (χ2v) is 5.71. The number of fused-ring (bicyclic) bond motifs is 1. The van der Waals surface area contributed by atoms with Gasteiger partial charge in [0.15, 0.2) is 5.78 Å². The van der Waals surface area contributed by atoms with Crippen molar-refractivity contribution in [2.24, 2.45) is 0 Å². The van der Waals surface area contributed by atoms with Crippen LogP contribution in [0.3, 0.4) is 0 Å². The lowest BCUT2D eigenvalue weighted by molar-refractivity contribution is 0.104. The summed E-state index contributed by atoms with van der Waals surface area (Å²) in [6, 6.07) is 9.12. The van der Waals surface area contributed by atoms with E-state index in [1.807, 2.05) is 24.3 Å². The van der Waals surface area contributed by atoms with Crippen LogP contribution in [-0.4, -0.2) is 15.8 Å². The summed E-state index contributed by atoms with van der Waals surface area (Å²) in [4.78, 5) is 19.6. The molecule has 94 valence electrons. The Morgan fingerprint density at radius 2 is 1.95 bits per heavy atom. The monoisotopic (exact) mass is 382 g/mol. The maximum Gasteiger partial charge on any atom is 0.195 e. The van der Waals surface area contributed by atoms with Crippen LogP contribution in [0.5, 0.6) is 0 Å². The molecule has 0 aliphatic rings. The third-order valence-corrected chi connectivity index (χ3v) is 3.91. The normalized spacial score (nSPS) is 10.8. The predicted octanol–water partition coefficient (Wildman–Crippen LogP) is 4.05. The van der Waals surface area contributed by atoms with Gasteiger partial charge in [0.25, 0.3) is 0 Å². The van der Waals surface area contributed by atoms with Crippen LogP contribution < -0.4 is 0 Å². The van der Waals surface area contributed by atoms with Crippen LogP contribution in [0.2, 0.25) is 5.02 Å². The Hall–Kier alpha value is -1.40. The zero-order valence-electron chi connectivity index (χ0n) is 9.65. The van der Waals surface area contributed by atoms with Crippen molar-refractivity contribution in [3.05, 3.63) is 62.4 Å². The van der Waals surface area contributed by atoms with Crippen LogP contribution in [0.1, 0.15) is 15.9 Å². The van der Waals surface area contributed by atoms with Gasteiger partial charge in [0.2, 0.25) is 0 Å². The fourth-order valence-corrected chi connectivity index (χ4v) is 2.56. The minimum absolute atomic E-state index is 0.0578. The molecule has 0 atom stereocenters. The number of halogens is 2. The molecule has 0 radical (unpaired) electrons. The van der Waals surface area contributed by atoms with Gasteiger partial charge in [-0.1, -0.05) is 11.6 Å². The van der Waals surface area contributed by atoms with E-state index < -0.39 is 0 Å². The van der Waals surface area contributed by atoms with Gasteiger partial charge in [0.05, 0.1) is 10.6 Å². The summed E-state index contributed by atoms with van der Waals surface area (Å²) >= 11 is 8.35. The largest absolute Gasteiger partial charge is 0.345 e. The van der Waals surface area contributed by atoms with Crippen LogP contribution in [0.25, 0.3) is 11.0 Å². The van der Waals surface area contributed by atoms with E-state index >= 15 is 0 Å². The minimum Gasteiger partial charge on any atom is -0.345 e. The van der Waals surface area contributed by atoms with Crippen molar-refractivity contribution in [2.45, 2.75) is 0 Å². The summed E-state index contributed by atoms with van der Waals surface area (Å²) in [5.74, 6) is -0.0578. The summed E-state index contributed by atoms with van der Waals surface area (Å²) in [6.07, 6.45) is 3.27. The van der Waals surface area contributed by atoms with Crippen LogP contribution in [-0.2, 0) is 0 Å². The van der Waals surface area contributed by atoms with Gasteiger partial charge in [-0.3, -0.25) is 4.79 Å². The highest BCUT2D eigenvalue weighted by Gasteiger charge is 2.16. The number of H-pyrrole nitrogens is 1. The minimum atomic E-state index is -0.0578. The lowest BCUT2D eigenvalue weighted by Gasteiger charge is -2.01. The van der Waals surface area contributed by atoms with Crippen LogP contribution >= 0.6 is 34.2 Å². The Bertz CT molecular complexity index is 765. The van der Waals surface area contributed by atoms with Crippen molar-refractivity contribution in [1.29, 1.82) is 0 Å². The Kier molecular flexibility index (Phi) is 3.28. The van der Waals surface area contributed by atoms with Crippen LogP contribution in [0, 0.1) is 3.57 Å². The molecule has 3 aromatic rings.